The van der Waals surface area contributed by atoms with Crippen molar-refractivity contribution < 1.29 is 23.5 Å². The first kappa shape index (κ1) is 17.4. The van der Waals surface area contributed by atoms with Gasteiger partial charge in [-0.1, -0.05) is 23.4 Å². The largest absolute Gasteiger partial charge is 0.491 e. The number of aromatic nitrogens is 1. The minimum absolute atomic E-state index is 0.241. The zero-order valence-corrected chi connectivity index (χ0v) is 14.0. The van der Waals surface area contributed by atoms with E-state index in [1.54, 1.807) is 6.07 Å². The van der Waals surface area contributed by atoms with Crippen LogP contribution in [-0.2, 0) is 16.1 Å². The second-order valence-corrected chi connectivity index (χ2v) is 5.83. The van der Waals surface area contributed by atoms with Crippen LogP contribution in [0.5, 0.6) is 5.75 Å². The van der Waals surface area contributed by atoms with E-state index in [9.17, 15) is 4.79 Å². The summed E-state index contributed by atoms with van der Waals surface area (Å²) in [5, 5.41) is 6.62. The van der Waals surface area contributed by atoms with Crippen molar-refractivity contribution in [3.8, 4) is 5.75 Å². The molecule has 1 N–H and O–H groups in total. The van der Waals surface area contributed by atoms with Crippen LogP contribution in [0.4, 0.5) is 0 Å². The number of benzene rings is 1. The van der Waals surface area contributed by atoms with Gasteiger partial charge in [0.1, 0.15) is 19.0 Å². The molecule has 0 aliphatic carbocycles. The summed E-state index contributed by atoms with van der Waals surface area (Å²) in [5.41, 5.74) is 0.262. The number of carbonyl (C=O) groups excluding carboxylic acids is 1. The van der Waals surface area contributed by atoms with Crippen LogP contribution in [0, 0.1) is 5.92 Å². The fraction of sp³-hybridized carbons (Fsp3) is 0.444. The predicted molar refractivity (Wildman–Crippen MR) is 89.4 cm³/mol. The van der Waals surface area contributed by atoms with Gasteiger partial charge in [-0.05, 0) is 18.6 Å². The molecule has 1 aromatic heterocycles. The second-order valence-electron chi connectivity index (χ2n) is 5.83. The van der Waals surface area contributed by atoms with Crippen LogP contribution in [0.1, 0.15) is 22.7 Å². The number of hydrogen-bond donors (Lipinski definition) is 1. The molecule has 134 valence electrons. The number of amides is 1. The lowest BCUT2D eigenvalue weighted by atomic mass is 10.1. The maximum absolute atomic E-state index is 12.0. The SMILES string of the molecule is O=C(NCC1CCOC1)c1cc(COCCOc2ccccc2)on1. The maximum atomic E-state index is 12.0. The standard InChI is InChI=1S/C18H22N2O5/c21-18(19-11-14-6-7-22-12-14)17-10-16(25-20-17)13-23-8-9-24-15-4-2-1-3-5-15/h1-5,10,14H,6-9,11-13H2,(H,19,21). The van der Waals surface area contributed by atoms with Crippen LogP contribution in [-0.4, -0.2) is 44.0 Å². The molecule has 1 saturated heterocycles. The summed E-state index contributed by atoms with van der Waals surface area (Å²) in [6.07, 6.45) is 0.975. The third-order valence-corrected chi connectivity index (χ3v) is 3.85. The number of rotatable bonds is 9. The van der Waals surface area contributed by atoms with Crippen molar-refractivity contribution in [1.29, 1.82) is 0 Å². The van der Waals surface area contributed by atoms with E-state index >= 15 is 0 Å². The zero-order valence-electron chi connectivity index (χ0n) is 14.0. The Labute approximate surface area is 146 Å². The second kappa shape index (κ2) is 9.19. The molecule has 1 unspecified atom stereocenters. The van der Waals surface area contributed by atoms with Crippen LogP contribution in [0.15, 0.2) is 40.9 Å². The van der Waals surface area contributed by atoms with Gasteiger partial charge in [0.15, 0.2) is 11.5 Å². The molecule has 0 bridgehead atoms. The molecule has 7 heteroatoms. The van der Waals surface area contributed by atoms with Crippen LogP contribution in [0.2, 0.25) is 0 Å². The molecule has 1 atom stereocenters. The van der Waals surface area contributed by atoms with Gasteiger partial charge in [0, 0.05) is 25.1 Å². The van der Waals surface area contributed by atoms with Gasteiger partial charge in [-0.2, -0.15) is 0 Å². The van der Waals surface area contributed by atoms with E-state index < -0.39 is 0 Å². The molecule has 1 amide bonds. The Bertz CT molecular complexity index is 652. The van der Waals surface area contributed by atoms with Gasteiger partial charge in [-0.3, -0.25) is 4.79 Å². The summed E-state index contributed by atoms with van der Waals surface area (Å²) in [6, 6.07) is 11.1. The lowest BCUT2D eigenvalue weighted by Crippen LogP contribution is -2.29. The van der Waals surface area contributed by atoms with Gasteiger partial charge in [-0.25, -0.2) is 0 Å². The van der Waals surface area contributed by atoms with E-state index in [0.29, 0.717) is 38.0 Å². The predicted octanol–water partition coefficient (Wildman–Crippen LogP) is 2.04. The Kier molecular flexibility index (Phi) is 6.42. The number of ether oxygens (including phenoxy) is 3. The van der Waals surface area contributed by atoms with Gasteiger partial charge in [0.05, 0.1) is 13.2 Å². The first-order chi connectivity index (χ1) is 12.3. The number of nitrogens with one attached hydrogen (secondary N) is 1. The van der Waals surface area contributed by atoms with Crippen molar-refractivity contribution in [1.82, 2.24) is 10.5 Å². The molecule has 2 heterocycles. The highest BCUT2D eigenvalue weighted by atomic mass is 16.5. The highest BCUT2D eigenvalue weighted by molar-refractivity contribution is 5.92. The zero-order chi connectivity index (χ0) is 17.3. The average Bonchev–Trinajstić information content (AvgIpc) is 3.32. The fourth-order valence-electron chi connectivity index (χ4n) is 2.47. The minimum atomic E-state index is -0.241. The molecular formula is C18H22N2O5. The quantitative estimate of drug-likeness (QED) is 0.700. The van der Waals surface area contributed by atoms with E-state index in [0.717, 1.165) is 18.8 Å². The van der Waals surface area contributed by atoms with E-state index in [4.69, 9.17) is 18.7 Å². The third kappa shape index (κ3) is 5.58. The summed E-state index contributed by atoms with van der Waals surface area (Å²) >= 11 is 0. The first-order valence-corrected chi connectivity index (χ1v) is 8.38. The van der Waals surface area contributed by atoms with Gasteiger partial charge < -0.3 is 24.1 Å². The van der Waals surface area contributed by atoms with Crippen LogP contribution in [0.25, 0.3) is 0 Å². The molecule has 1 aliphatic heterocycles. The molecule has 0 spiro atoms. The summed E-state index contributed by atoms with van der Waals surface area (Å²) < 4.78 is 21.4. The monoisotopic (exact) mass is 346 g/mol. The number of nitrogens with zero attached hydrogens (tertiary/aromatic N) is 1. The van der Waals surface area contributed by atoms with E-state index in [-0.39, 0.29) is 18.2 Å². The molecular weight excluding hydrogens is 324 g/mol. The van der Waals surface area contributed by atoms with Crippen molar-refractivity contribution in [2.75, 3.05) is 33.0 Å². The summed E-state index contributed by atoms with van der Waals surface area (Å²) in [7, 11) is 0. The van der Waals surface area contributed by atoms with Gasteiger partial charge in [-0.15, -0.1) is 0 Å². The van der Waals surface area contributed by atoms with Crippen LogP contribution >= 0.6 is 0 Å². The first-order valence-electron chi connectivity index (χ1n) is 8.38. The number of carbonyl (C=O) groups is 1. The van der Waals surface area contributed by atoms with Crippen molar-refractivity contribution in [3.05, 3.63) is 47.9 Å². The smallest absolute Gasteiger partial charge is 0.273 e. The lowest BCUT2D eigenvalue weighted by Gasteiger charge is -2.07. The maximum Gasteiger partial charge on any atom is 0.273 e. The Morgan fingerprint density at radius 2 is 2.16 bits per heavy atom. The molecule has 0 saturated carbocycles. The van der Waals surface area contributed by atoms with Crippen LogP contribution in [0.3, 0.4) is 0 Å². The van der Waals surface area contributed by atoms with E-state index in [1.807, 2.05) is 30.3 Å². The molecule has 1 aromatic carbocycles. The van der Waals surface area contributed by atoms with Crippen molar-refractivity contribution in [3.63, 3.8) is 0 Å². The summed E-state index contributed by atoms with van der Waals surface area (Å²) in [5.74, 6) is 1.45. The number of hydrogen-bond acceptors (Lipinski definition) is 6. The molecule has 7 nitrogen and oxygen atoms in total. The average molecular weight is 346 g/mol. The van der Waals surface area contributed by atoms with Crippen LogP contribution < -0.4 is 10.1 Å². The Morgan fingerprint density at radius 3 is 2.96 bits per heavy atom. The van der Waals surface area contributed by atoms with Gasteiger partial charge in [0.2, 0.25) is 0 Å². The Morgan fingerprint density at radius 1 is 1.28 bits per heavy atom. The molecule has 1 aliphatic rings. The van der Waals surface area contributed by atoms with Gasteiger partial charge in [0.25, 0.3) is 5.91 Å². The van der Waals surface area contributed by atoms with E-state index in [2.05, 4.69) is 10.5 Å². The fourth-order valence-corrected chi connectivity index (χ4v) is 2.47. The molecule has 3 rings (SSSR count). The highest BCUT2D eigenvalue weighted by Crippen LogP contribution is 2.11. The number of para-hydroxylation sites is 1. The third-order valence-electron chi connectivity index (χ3n) is 3.85. The minimum Gasteiger partial charge on any atom is -0.491 e. The van der Waals surface area contributed by atoms with E-state index in [1.165, 1.54) is 0 Å². The Hall–Kier alpha value is -2.38. The van der Waals surface area contributed by atoms with Gasteiger partial charge >= 0.3 is 0 Å². The van der Waals surface area contributed by atoms with Crippen molar-refractivity contribution in [2.45, 2.75) is 13.0 Å². The summed E-state index contributed by atoms with van der Waals surface area (Å²) in [6.45, 7) is 3.15. The molecule has 2 aromatic rings. The molecule has 25 heavy (non-hydrogen) atoms. The Balaban J connectivity index is 1.33. The van der Waals surface area contributed by atoms with Crippen molar-refractivity contribution in [2.24, 2.45) is 5.92 Å². The summed E-state index contributed by atoms with van der Waals surface area (Å²) in [4.78, 5) is 12.0. The van der Waals surface area contributed by atoms with Crippen molar-refractivity contribution >= 4 is 5.91 Å². The molecule has 1 fully saturated rings. The highest BCUT2D eigenvalue weighted by Gasteiger charge is 2.18. The topological polar surface area (TPSA) is 82.8 Å². The lowest BCUT2D eigenvalue weighted by molar-refractivity contribution is 0.0745. The molecule has 0 radical (unpaired) electrons. The normalized spacial score (nSPS) is 16.7.